The van der Waals surface area contributed by atoms with E-state index in [9.17, 15) is 0 Å². The van der Waals surface area contributed by atoms with Gasteiger partial charge in [0.25, 0.3) is 0 Å². The highest BCUT2D eigenvalue weighted by Gasteiger charge is 2.29. The van der Waals surface area contributed by atoms with Crippen molar-refractivity contribution < 1.29 is 0 Å². The topological polar surface area (TPSA) is 15.3 Å². The van der Waals surface area contributed by atoms with Crippen molar-refractivity contribution in [1.82, 2.24) is 5.43 Å². The first kappa shape index (κ1) is 19.3. The zero-order chi connectivity index (χ0) is 20.4. The number of nitrogens with zero attached hydrogens (tertiary/aromatic N) is 1. The summed E-state index contributed by atoms with van der Waals surface area (Å²) in [7, 11) is 0. The third kappa shape index (κ3) is 3.93. The molecule has 0 aliphatic carbocycles. The van der Waals surface area contributed by atoms with Crippen molar-refractivity contribution in [3.8, 4) is 0 Å². The Hall–Kier alpha value is -3.00. The zero-order valence-corrected chi connectivity index (χ0v) is 17.8. The largest absolute Gasteiger partial charge is 0.297 e. The quantitative estimate of drug-likeness (QED) is 0.509. The Labute approximate surface area is 174 Å². The van der Waals surface area contributed by atoms with E-state index in [1.165, 1.54) is 27.9 Å². The third-order valence-corrected chi connectivity index (χ3v) is 5.68. The highest BCUT2D eigenvalue weighted by atomic mass is 15.5. The minimum atomic E-state index is 0.145. The molecule has 0 saturated carbocycles. The number of nitrogens with one attached hydrogen (secondary N) is 1. The number of hydrogen-bond donors (Lipinski definition) is 1. The SMILES string of the molecule is CC(C)c1ccc(C2C=C(c3ccccc3)NN2c2ccccc2)c(C(C)C)c1. The van der Waals surface area contributed by atoms with Gasteiger partial charge in [-0.1, -0.05) is 94.4 Å². The molecule has 1 unspecified atom stereocenters. The van der Waals surface area contributed by atoms with Gasteiger partial charge >= 0.3 is 0 Å². The molecule has 4 rings (SSSR count). The molecule has 148 valence electrons. The molecule has 0 aromatic heterocycles. The van der Waals surface area contributed by atoms with Crippen molar-refractivity contribution in [2.45, 2.75) is 45.6 Å². The maximum Gasteiger partial charge on any atom is 0.0961 e. The van der Waals surface area contributed by atoms with Crippen LogP contribution in [0.3, 0.4) is 0 Å². The number of para-hydroxylation sites is 1. The summed E-state index contributed by atoms with van der Waals surface area (Å²) in [6.45, 7) is 9.11. The summed E-state index contributed by atoms with van der Waals surface area (Å²) in [6, 6.07) is 28.3. The lowest BCUT2D eigenvalue weighted by Crippen LogP contribution is -2.34. The summed E-state index contributed by atoms with van der Waals surface area (Å²) < 4.78 is 0. The fourth-order valence-electron chi connectivity index (χ4n) is 4.01. The fourth-order valence-corrected chi connectivity index (χ4v) is 4.01. The van der Waals surface area contributed by atoms with Gasteiger partial charge in [0.05, 0.1) is 17.4 Å². The van der Waals surface area contributed by atoms with Crippen LogP contribution in [0, 0.1) is 0 Å². The van der Waals surface area contributed by atoms with Crippen LogP contribution in [0.2, 0.25) is 0 Å². The van der Waals surface area contributed by atoms with Crippen LogP contribution in [0.25, 0.3) is 5.70 Å². The van der Waals surface area contributed by atoms with Gasteiger partial charge in [0.1, 0.15) is 0 Å². The molecule has 2 nitrogen and oxygen atoms in total. The van der Waals surface area contributed by atoms with Crippen LogP contribution in [0.1, 0.15) is 67.8 Å². The van der Waals surface area contributed by atoms with Gasteiger partial charge in [0.2, 0.25) is 0 Å². The van der Waals surface area contributed by atoms with E-state index < -0.39 is 0 Å². The smallest absolute Gasteiger partial charge is 0.0961 e. The van der Waals surface area contributed by atoms with Gasteiger partial charge in [-0.2, -0.15) is 0 Å². The molecule has 1 aliphatic rings. The zero-order valence-electron chi connectivity index (χ0n) is 17.8. The molecule has 29 heavy (non-hydrogen) atoms. The fraction of sp³-hybridized carbons (Fsp3) is 0.259. The minimum absolute atomic E-state index is 0.145. The molecule has 2 heteroatoms. The Balaban J connectivity index is 1.82. The van der Waals surface area contributed by atoms with Gasteiger partial charge in [0, 0.05) is 0 Å². The van der Waals surface area contributed by atoms with Crippen LogP contribution >= 0.6 is 0 Å². The lowest BCUT2D eigenvalue weighted by molar-refractivity contribution is 0.704. The summed E-state index contributed by atoms with van der Waals surface area (Å²) in [5.41, 5.74) is 11.4. The van der Waals surface area contributed by atoms with Crippen molar-refractivity contribution >= 4 is 11.4 Å². The third-order valence-electron chi connectivity index (χ3n) is 5.68. The van der Waals surface area contributed by atoms with E-state index >= 15 is 0 Å². The van der Waals surface area contributed by atoms with Gasteiger partial charge < -0.3 is 0 Å². The average molecular weight is 383 g/mol. The van der Waals surface area contributed by atoms with E-state index in [0.29, 0.717) is 11.8 Å². The first-order valence-electron chi connectivity index (χ1n) is 10.6. The molecule has 0 fully saturated rings. The molecule has 3 aromatic rings. The Kier molecular flexibility index (Phi) is 5.44. The second-order valence-electron chi connectivity index (χ2n) is 8.41. The standard InChI is InChI=1S/C27H30N2/c1-19(2)22-15-16-24(25(17-22)20(3)4)27-18-26(21-11-7-5-8-12-21)28-29(27)23-13-9-6-10-14-23/h5-20,27-28H,1-4H3. The van der Waals surface area contributed by atoms with Gasteiger partial charge in [-0.25, -0.2) is 0 Å². The van der Waals surface area contributed by atoms with Crippen LogP contribution in [0.4, 0.5) is 5.69 Å². The first-order chi connectivity index (χ1) is 14.0. The Morgan fingerprint density at radius 3 is 2.03 bits per heavy atom. The van der Waals surface area contributed by atoms with Crippen LogP contribution < -0.4 is 10.4 Å². The molecule has 0 saturated heterocycles. The Morgan fingerprint density at radius 2 is 1.41 bits per heavy atom. The molecule has 0 bridgehead atoms. The van der Waals surface area contributed by atoms with Gasteiger partial charge in [-0.3, -0.25) is 10.4 Å². The van der Waals surface area contributed by atoms with Crippen molar-refractivity contribution in [2.24, 2.45) is 0 Å². The number of benzene rings is 3. The Morgan fingerprint density at radius 1 is 0.759 bits per heavy atom. The second kappa shape index (κ2) is 8.16. The first-order valence-corrected chi connectivity index (χ1v) is 10.6. The lowest BCUT2D eigenvalue weighted by Gasteiger charge is -2.30. The van der Waals surface area contributed by atoms with Crippen LogP contribution in [-0.2, 0) is 0 Å². The monoisotopic (exact) mass is 382 g/mol. The predicted octanol–water partition coefficient (Wildman–Crippen LogP) is 7.04. The van der Waals surface area contributed by atoms with E-state index in [1.54, 1.807) is 0 Å². The van der Waals surface area contributed by atoms with Crippen molar-refractivity contribution in [2.75, 3.05) is 5.01 Å². The molecule has 1 heterocycles. The number of anilines is 1. The molecule has 1 aliphatic heterocycles. The summed E-state index contributed by atoms with van der Waals surface area (Å²) in [5, 5.41) is 2.29. The van der Waals surface area contributed by atoms with E-state index in [0.717, 1.165) is 5.70 Å². The second-order valence-corrected chi connectivity index (χ2v) is 8.41. The number of hydrogen-bond acceptors (Lipinski definition) is 2. The summed E-state index contributed by atoms with van der Waals surface area (Å²) in [4.78, 5) is 0. The van der Waals surface area contributed by atoms with Crippen LogP contribution in [0.15, 0.2) is 84.9 Å². The van der Waals surface area contributed by atoms with Gasteiger partial charge in [-0.05, 0) is 52.3 Å². The van der Waals surface area contributed by atoms with E-state index in [-0.39, 0.29) is 6.04 Å². The lowest BCUT2D eigenvalue weighted by atomic mass is 9.88. The van der Waals surface area contributed by atoms with Crippen LogP contribution in [0.5, 0.6) is 0 Å². The van der Waals surface area contributed by atoms with Crippen LogP contribution in [-0.4, -0.2) is 0 Å². The molecule has 1 N–H and O–H groups in total. The highest BCUT2D eigenvalue weighted by Crippen LogP contribution is 2.38. The van der Waals surface area contributed by atoms with Crippen molar-refractivity contribution in [3.05, 3.63) is 107 Å². The minimum Gasteiger partial charge on any atom is -0.297 e. The van der Waals surface area contributed by atoms with Crippen molar-refractivity contribution in [3.63, 3.8) is 0 Å². The predicted molar refractivity (Wildman–Crippen MR) is 124 cm³/mol. The maximum atomic E-state index is 3.67. The Bertz CT molecular complexity index is 988. The van der Waals surface area contributed by atoms with E-state index in [2.05, 4.69) is 123 Å². The molecular weight excluding hydrogens is 352 g/mol. The van der Waals surface area contributed by atoms with Gasteiger partial charge in [-0.15, -0.1) is 0 Å². The van der Waals surface area contributed by atoms with Gasteiger partial charge in [0.15, 0.2) is 0 Å². The summed E-state index contributed by atoms with van der Waals surface area (Å²) >= 11 is 0. The number of rotatable bonds is 5. The molecule has 0 spiro atoms. The van der Waals surface area contributed by atoms with Crippen molar-refractivity contribution in [1.29, 1.82) is 0 Å². The molecule has 1 atom stereocenters. The highest BCUT2D eigenvalue weighted by molar-refractivity contribution is 5.72. The molecule has 0 radical (unpaired) electrons. The normalized spacial score (nSPS) is 16.3. The average Bonchev–Trinajstić information content (AvgIpc) is 3.20. The number of hydrazine groups is 1. The van der Waals surface area contributed by atoms with E-state index in [4.69, 9.17) is 0 Å². The summed E-state index contributed by atoms with van der Waals surface area (Å²) in [6.07, 6.45) is 2.36. The summed E-state index contributed by atoms with van der Waals surface area (Å²) in [5.74, 6) is 0.999. The molecule has 3 aromatic carbocycles. The molecular formula is C27H30N2. The van der Waals surface area contributed by atoms with E-state index in [1.807, 2.05) is 0 Å². The maximum absolute atomic E-state index is 3.67. The molecule has 0 amide bonds.